The predicted molar refractivity (Wildman–Crippen MR) is 124 cm³/mol. The Morgan fingerprint density at radius 2 is 1.62 bits per heavy atom. The lowest BCUT2D eigenvalue weighted by Gasteiger charge is -2.28. The van der Waals surface area contributed by atoms with Crippen molar-refractivity contribution in [2.45, 2.75) is 26.2 Å². The van der Waals surface area contributed by atoms with Gasteiger partial charge in [-0.3, -0.25) is 14.9 Å². The minimum atomic E-state index is -0.499. The second-order valence-corrected chi connectivity index (χ2v) is 7.70. The molecule has 1 fully saturated rings. The highest BCUT2D eigenvalue weighted by Gasteiger charge is 2.14. The van der Waals surface area contributed by atoms with E-state index in [0.29, 0.717) is 17.2 Å². The quantitative estimate of drug-likeness (QED) is 0.429. The van der Waals surface area contributed by atoms with Gasteiger partial charge in [0.1, 0.15) is 5.82 Å². The summed E-state index contributed by atoms with van der Waals surface area (Å²) in [6.45, 7) is 3.98. The lowest BCUT2D eigenvalue weighted by molar-refractivity contribution is -0.384. The molecule has 2 heterocycles. The molecule has 0 aliphatic carbocycles. The van der Waals surface area contributed by atoms with Crippen LogP contribution in [-0.4, -0.2) is 33.9 Å². The number of nitrogens with one attached hydrogen (secondary N) is 2. The number of amides is 1. The molecule has 1 aromatic heterocycles. The minimum Gasteiger partial charge on any atom is -0.356 e. The van der Waals surface area contributed by atoms with Crippen molar-refractivity contribution in [1.82, 2.24) is 9.97 Å². The molecular weight excluding hydrogens is 408 g/mol. The number of nitrogens with zero attached hydrogens (tertiary/aromatic N) is 4. The van der Waals surface area contributed by atoms with Crippen LogP contribution < -0.4 is 15.5 Å². The van der Waals surface area contributed by atoms with E-state index in [0.717, 1.165) is 30.3 Å². The topological polar surface area (TPSA) is 113 Å². The van der Waals surface area contributed by atoms with E-state index in [4.69, 9.17) is 0 Å². The largest absolute Gasteiger partial charge is 0.356 e. The molecule has 1 amide bonds. The Bertz CT molecular complexity index is 1110. The number of aromatic nitrogens is 2. The van der Waals surface area contributed by atoms with Crippen LogP contribution in [0.1, 0.15) is 35.3 Å². The highest BCUT2D eigenvalue weighted by molar-refractivity contribution is 6.04. The molecule has 0 radical (unpaired) electrons. The average molecular weight is 432 g/mol. The van der Waals surface area contributed by atoms with Gasteiger partial charge >= 0.3 is 0 Å². The van der Waals surface area contributed by atoms with Crippen LogP contribution in [0.4, 0.5) is 28.8 Å². The maximum atomic E-state index is 12.4. The molecule has 0 unspecified atom stereocenters. The maximum Gasteiger partial charge on any atom is 0.269 e. The van der Waals surface area contributed by atoms with E-state index in [1.165, 1.54) is 43.5 Å². The van der Waals surface area contributed by atoms with Gasteiger partial charge in [-0.2, -0.15) is 4.98 Å². The maximum absolute atomic E-state index is 12.4. The molecule has 1 saturated heterocycles. The number of carbonyl (C=O) groups is 1. The van der Waals surface area contributed by atoms with Gasteiger partial charge in [0, 0.05) is 53.9 Å². The Morgan fingerprint density at radius 3 is 2.28 bits per heavy atom. The standard InChI is InChI=1S/C23H24N6O3/c1-16-15-21(28-13-3-2-4-14-28)27-23(24-16)26-19-9-7-18(8-10-19)25-22(30)17-5-11-20(12-6-17)29(31)32/h5-12,15H,2-4,13-14H2,1H3,(H,25,30)(H,24,26,27). The van der Waals surface area contributed by atoms with Crippen molar-refractivity contribution in [1.29, 1.82) is 0 Å². The molecule has 32 heavy (non-hydrogen) atoms. The highest BCUT2D eigenvalue weighted by atomic mass is 16.6. The molecule has 2 N–H and O–H groups in total. The van der Waals surface area contributed by atoms with Gasteiger partial charge in [-0.25, -0.2) is 4.98 Å². The fourth-order valence-electron chi connectivity index (χ4n) is 3.60. The van der Waals surface area contributed by atoms with Crippen molar-refractivity contribution in [2.75, 3.05) is 28.6 Å². The predicted octanol–water partition coefficient (Wildman–Crippen LogP) is 4.68. The SMILES string of the molecule is Cc1cc(N2CCCCC2)nc(Nc2ccc(NC(=O)c3ccc([N+](=O)[O-])cc3)cc2)n1. The van der Waals surface area contributed by atoms with E-state index in [1.54, 1.807) is 12.1 Å². The lowest BCUT2D eigenvalue weighted by atomic mass is 10.1. The highest BCUT2D eigenvalue weighted by Crippen LogP contribution is 2.22. The van der Waals surface area contributed by atoms with Gasteiger partial charge in [-0.05, 0) is 62.6 Å². The molecule has 9 nitrogen and oxygen atoms in total. The first-order valence-corrected chi connectivity index (χ1v) is 10.5. The summed E-state index contributed by atoms with van der Waals surface area (Å²) < 4.78 is 0. The van der Waals surface area contributed by atoms with Crippen LogP contribution in [0.25, 0.3) is 0 Å². The second kappa shape index (κ2) is 9.42. The van der Waals surface area contributed by atoms with Crippen molar-refractivity contribution in [3.63, 3.8) is 0 Å². The summed E-state index contributed by atoms with van der Waals surface area (Å²) in [7, 11) is 0. The summed E-state index contributed by atoms with van der Waals surface area (Å²) in [6, 6.07) is 14.7. The first kappa shape index (κ1) is 21.2. The minimum absolute atomic E-state index is 0.0567. The third-order valence-electron chi connectivity index (χ3n) is 5.26. The molecule has 0 saturated carbocycles. The van der Waals surface area contributed by atoms with Crippen LogP contribution in [0, 0.1) is 17.0 Å². The number of piperidine rings is 1. The molecule has 9 heteroatoms. The van der Waals surface area contributed by atoms with Crippen LogP contribution >= 0.6 is 0 Å². The molecule has 164 valence electrons. The third kappa shape index (κ3) is 5.18. The number of carbonyl (C=O) groups excluding carboxylic acids is 1. The third-order valence-corrected chi connectivity index (χ3v) is 5.26. The van der Waals surface area contributed by atoms with E-state index in [2.05, 4.69) is 25.5 Å². The Kier molecular flexibility index (Phi) is 6.25. The summed E-state index contributed by atoms with van der Waals surface area (Å²) in [6.07, 6.45) is 3.62. The first-order chi connectivity index (χ1) is 15.5. The summed E-state index contributed by atoms with van der Waals surface area (Å²) in [5.41, 5.74) is 2.59. The zero-order valence-electron chi connectivity index (χ0n) is 17.7. The lowest BCUT2D eigenvalue weighted by Crippen LogP contribution is -2.30. The monoisotopic (exact) mass is 432 g/mol. The summed E-state index contributed by atoms with van der Waals surface area (Å²) >= 11 is 0. The number of anilines is 4. The van der Waals surface area contributed by atoms with Gasteiger partial charge in [-0.15, -0.1) is 0 Å². The van der Waals surface area contributed by atoms with Crippen molar-refractivity contribution >= 4 is 34.7 Å². The number of aryl methyl sites for hydroxylation is 1. The normalized spacial score (nSPS) is 13.5. The van der Waals surface area contributed by atoms with E-state index in [1.807, 2.05) is 25.1 Å². The smallest absolute Gasteiger partial charge is 0.269 e. The fraction of sp³-hybridized carbons (Fsp3) is 0.261. The summed E-state index contributed by atoms with van der Waals surface area (Å²) in [5, 5.41) is 16.8. The number of nitro benzene ring substituents is 1. The van der Waals surface area contributed by atoms with Crippen molar-refractivity contribution in [2.24, 2.45) is 0 Å². The average Bonchev–Trinajstić information content (AvgIpc) is 2.80. The number of benzene rings is 2. The Labute approximate surface area is 185 Å². The van der Waals surface area contributed by atoms with Gasteiger partial charge in [0.25, 0.3) is 11.6 Å². The summed E-state index contributed by atoms with van der Waals surface area (Å²) in [4.78, 5) is 34.1. The van der Waals surface area contributed by atoms with Crippen LogP contribution in [0.3, 0.4) is 0 Å². The fourth-order valence-corrected chi connectivity index (χ4v) is 3.60. The van der Waals surface area contributed by atoms with E-state index in [9.17, 15) is 14.9 Å². The summed E-state index contributed by atoms with van der Waals surface area (Å²) in [5.74, 6) is 1.13. The van der Waals surface area contributed by atoms with Gasteiger partial charge in [-0.1, -0.05) is 0 Å². The molecular formula is C23H24N6O3. The van der Waals surface area contributed by atoms with Crippen molar-refractivity contribution in [3.05, 3.63) is 76.0 Å². The molecule has 3 aromatic rings. The Balaban J connectivity index is 1.41. The molecule has 2 aromatic carbocycles. The zero-order valence-corrected chi connectivity index (χ0v) is 17.7. The molecule has 0 spiro atoms. The zero-order chi connectivity index (χ0) is 22.5. The molecule has 0 bridgehead atoms. The van der Waals surface area contributed by atoms with E-state index in [-0.39, 0.29) is 11.6 Å². The second-order valence-electron chi connectivity index (χ2n) is 7.70. The number of nitro groups is 1. The molecule has 0 atom stereocenters. The van der Waals surface area contributed by atoms with Gasteiger partial charge in [0.2, 0.25) is 5.95 Å². The van der Waals surface area contributed by atoms with Crippen LogP contribution in [-0.2, 0) is 0 Å². The van der Waals surface area contributed by atoms with Crippen molar-refractivity contribution in [3.8, 4) is 0 Å². The van der Waals surface area contributed by atoms with Crippen LogP contribution in [0.15, 0.2) is 54.6 Å². The molecule has 1 aliphatic rings. The van der Waals surface area contributed by atoms with Crippen molar-refractivity contribution < 1.29 is 9.72 Å². The number of hydrogen-bond acceptors (Lipinski definition) is 7. The number of hydrogen-bond donors (Lipinski definition) is 2. The van der Waals surface area contributed by atoms with Gasteiger partial charge in [0.15, 0.2) is 0 Å². The van der Waals surface area contributed by atoms with E-state index < -0.39 is 4.92 Å². The number of rotatable bonds is 6. The first-order valence-electron chi connectivity index (χ1n) is 10.5. The van der Waals surface area contributed by atoms with Crippen LogP contribution in [0.5, 0.6) is 0 Å². The van der Waals surface area contributed by atoms with Gasteiger partial charge in [0.05, 0.1) is 4.92 Å². The Hall–Kier alpha value is -4.01. The van der Waals surface area contributed by atoms with Gasteiger partial charge < -0.3 is 15.5 Å². The molecule has 4 rings (SSSR count). The number of non-ortho nitro benzene ring substituents is 1. The van der Waals surface area contributed by atoms with Crippen LogP contribution in [0.2, 0.25) is 0 Å². The molecule has 1 aliphatic heterocycles. The Morgan fingerprint density at radius 1 is 0.969 bits per heavy atom. The van der Waals surface area contributed by atoms with E-state index >= 15 is 0 Å².